The van der Waals surface area contributed by atoms with E-state index in [1.54, 1.807) is 26.4 Å². The number of nitrogens with zero attached hydrogens (tertiary/aromatic N) is 1. The second-order valence-electron chi connectivity index (χ2n) is 4.54. The van der Waals surface area contributed by atoms with E-state index in [0.717, 1.165) is 0 Å². The number of rotatable bonds is 3. The van der Waals surface area contributed by atoms with Gasteiger partial charge in [-0.05, 0) is 28.4 Å². The van der Waals surface area contributed by atoms with Gasteiger partial charge in [-0.1, -0.05) is 0 Å². The highest BCUT2D eigenvalue weighted by atomic mass is 79.9. The second-order valence-corrected chi connectivity index (χ2v) is 5.39. The summed E-state index contributed by atoms with van der Waals surface area (Å²) in [5.74, 6) is -0.120. The summed E-state index contributed by atoms with van der Waals surface area (Å²) in [5.41, 5.74) is 0.443. The van der Waals surface area contributed by atoms with Gasteiger partial charge in [-0.3, -0.25) is 9.59 Å². The van der Waals surface area contributed by atoms with Crippen molar-refractivity contribution in [2.24, 2.45) is 7.05 Å². The number of pyridine rings is 1. The third-order valence-electron chi connectivity index (χ3n) is 3.15. The third kappa shape index (κ3) is 3.82. The van der Waals surface area contributed by atoms with E-state index in [9.17, 15) is 9.59 Å². The quantitative estimate of drug-likeness (QED) is 0.833. The van der Waals surface area contributed by atoms with Gasteiger partial charge in [-0.25, -0.2) is 0 Å². The molecule has 0 aliphatic carbocycles. The lowest BCUT2D eigenvalue weighted by atomic mass is 10.2. The number of halogens is 2. The molecule has 6 nitrogen and oxygen atoms in total. The average Bonchev–Trinajstić information content (AvgIpc) is 2.84. The summed E-state index contributed by atoms with van der Waals surface area (Å²) in [6.45, 7) is 0.672. The third-order valence-corrected chi connectivity index (χ3v) is 3.72. The highest BCUT2D eigenvalue weighted by Crippen LogP contribution is 2.14. The fraction of sp³-hybridized carbons (Fsp3) is 0.500. The summed E-state index contributed by atoms with van der Waals surface area (Å²) < 4.78 is 7.04. The average molecular weight is 367 g/mol. The molecule has 2 atom stereocenters. The molecule has 1 aromatic heterocycles. The van der Waals surface area contributed by atoms with Crippen LogP contribution in [-0.2, 0) is 16.6 Å². The van der Waals surface area contributed by atoms with Crippen molar-refractivity contribution >= 4 is 39.9 Å². The Kier molecular flexibility index (Phi) is 6.19. The van der Waals surface area contributed by atoms with Crippen LogP contribution in [0.4, 0.5) is 5.69 Å². The van der Waals surface area contributed by atoms with E-state index in [4.69, 9.17) is 4.74 Å². The fourth-order valence-electron chi connectivity index (χ4n) is 2.05. The molecular weight excluding hydrogens is 350 g/mol. The minimum Gasteiger partial charge on any atom is -0.380 e. The Bertz CT molecular complexity index is 523. The van der Waals surface area contributed by atoms with Crippen molar-refractivity contribution in [2.45, 2.75) is 18.6 Å². The van der Waals surface area contributed by atoms with Crippen LogP contribution in [0, 0.1) is 0 Å². The number of aromatic nitrogens is 1. The Hall–Kier alpha value is -0.890. The van der Waals surface area contributed by atoms with Crippen molar-refractivity contribution in [1.29, 1.82) is 0 Å². The molecule has 0 radical (unpaired) electrons. The standard InChI is InChI=1S/C12H16BrN3O3.ClH/c1-16-6-7(3-9(13)12(16)18)15-11(17)10-4-8(19-2)5-14-10;/h3,6,8,10,14H,4-5H2,1-2H3,(H,15,17);1H/t8-,10-;/m0./s1. The summed E-state index contributed by atoms with van der Waals surface area (Å²) in [6, 6.07) is 1.34. The minimum absolute atomic E-state index is 0. The van der Waals surface area contributed by atoms with E-state index in [-0.39, 0.29) is 36.0 Å². The van der Waals surface area contributed by atoms with E-state index in [1.807, 2.05) is 0 Å². The van der Waals surface area contributed by atoms with Crippen LogP contribution in [-0.4, -0.2) is 36.3 Å². The molecular formula is C12H17BrClN3O3. The molecule has 1 aliphatic rings. The molecule has 0 saturated carbocycles. The first-order valence-corrected chi connectivity index (χ1v) is 6.73. The number of carbonyl (C=O) groups excluding carboxylic acids is 1. The largest absolute Gasteiger partial charge is 0.380 e. The van der Waals surface area contributed by atoms with Crippen LogP contribution >= 0.6 is 28.3 Å². The van der Waals surface area contributed by atoms with Crippen LogP contribution in [0.25, 0.3) is 0 Å². The summed E-state index contributed by atoms with van der Waals surface area (Å²) >= 11 is 3.17. The van der Waals surface area contributed by atoms with Gasteiger partial charge in [0.1, 0.15) is 0 Å². The number of methoxy groups -OCH3 is 1. The van der Waals surface area contributed by atoms with Crippen molar-refractivity contribution in [1.82, 2.24) is 9.88 Å². The van der Waals surface area contributed by atoms with E-state index in [0.29, 0.717) is 23.1 Å². The van der Waals surface area contributed by atoms with Crippen LogP contribution in [0.3, 0.4) is 0 Å². The molecule has 1 aromatic rings. The van der Waals surface area contributed by atoms with Gasteiger partial charge in [-0.15, -0.1) is 12.4 Å². The van der Waals surface area contributed by atoms with E-state index >= 15 is 0 Å². The lowest BCUT2D eigenvalue weighted by Gasteiger charge is -2.12. The van der Waals surface area contributed by atoms with Crippen molar-refractivity contribution in [3.05, 3.63) is 27.1 Å². The molecule has 2 heterocycles. The number of aryl methyl sites for hydroxylation is 1. The Morgan fingerprint density at radius 2 is 2.30 bits per heavy atom. The molecule has 20 heavy (non-hydrogen) atoms. The van der Waals surface area contributed by atoms with Crippen LogP contribution < -0.4 is 16.2 Å². The highest BCUT2D eigenvalue weighted by molar-refractivity contribution is 9.10. The zero-order valence-corrected chi connectivity index (χ0v) is 13.6. The molecule has 1 saturated heterocycles. The molecule has 0 unspecified atom stereocenters. The van der Waals surface area contributed by atoms with Crippen LogP contribution in [0.1, 0.15) is 6.42 Å². The predicted molar refractivity (Wildman–Crippen MR) is 82.5 cm³/mol. The molecule has 2 N–H and O–H groups in total. The highest BCUT2D eigenvalue weighted by Gasteiger charge is 2.29. The number of anilines is 1. The molecule has 2 rings (SSSR count). The van der Waals surface area contributed by atoms with Gasteiger partial charge in [0, 0.05) is 26.9 Å². The smallest absolute Gasteiger partial charge is 0.264 e. The SMILES string of the molecule is CO[C@@H]1CN[C@H](C(=O)Nc2cc(Br)c(=O)n(C)c2)C1.Cl. The number of hydrogen-bond donors (Lipinski definition) is 2. The Morgan fingerprint density at radius 3 is 2.85 bits per heavy atom. The number of ether oxygens (including phenoxy) is 1. The topological polar surface area (TPSA) is 72.4 Å². The van der Waals surface area contributed by atoms with Crippen molar-refractivity contribution in [2.75, 3.05) is 19.0 Å². The van der Waals surface area contributed by atoms with Gasteiger partial charge in [0.05, 0.1) is 22.3 Å². The Labute approximate surface area is 131 Å². The summed E-state index contributed by atoms with van der Waals surface area (Å²) in [6.07, 6.45) is 2.31. The number of amides is 1. The predicted octanol–water partition coefficient (Wildman–Crippen LogP) is 0.885. The molecule has 1 fully saturated rings. The summed E-state index contributed by atoms with van der Waals surface area (Å²) in [7, 11) is 3.27. The molecule has 0 spiro atoms. The van der Waals surface area contributed by atoms with Gasteiger partial charge in [-0.2, -0.15) is 0 Å². The zero-order chi connectivity index (χ0) is 14.0. The van der Waals surface area contributed by atoms with Crippen LogP contribution in [0.5, 0.6) is 0 Å². The normalized spacial score (nSPS) is 21.4. The Morgan fingerprint density at radius 1 is 1.60 bits per heavy atom. The first-order valence-electron chi connectivity index (χ1n) is 5.94. The minimum atomic E-state index is -0.263. The monoisotopic (exact) mass is 365 g/mol. The van der Waals surface area contributed by atoms with Crippen LogP contribution in [0.2, 0.25) is 0 Å². The van der Waals surface area contributed by atoms with Crippen LogP contribution in [0.15, 0.2) is 21.5 Å². The maximum absolute atomic E-state index is 12.1. The van der Waals surface area contributed by atoms with Gasteiger partial charge < -0.3 is 19.9 Å². The lowest BCUT2D eigenvalue weighted by molar-refractivity contribution is -0.118. The molecule has 112 valence electrons. The van der Waals surface area contributed by atoms with Crippen molar-refractivity contribution in [3.63, 3.8) is 0 Å². The van der Waals surface area contributed by atoms with Gasteiger partial charge in [0.15, 0.2) is 0 Å². The number of carbonyl (C=O) groups is 1. The molecule has 0 bridgehead atoms. The van der Waals surface area contributed by atoms with E-state index in [2.05, 4.69) is 26.6 Å². The lowest BCUT2D eigenvalue weighted by Crippen LogP contribution is -2.35. The van der Waals surface area contributed by atoms with Gasteiger partial charge in [0.25, 0.3) is 5.56 Å². The fourth-order valence-corrected chi connectivity index (χ4v) is 2.58. The number of nitrogens with one attached hydrogen (secondary N) is 2. The molecule has 8 heteroatoms. The summed E-state index contributed by atoms with van der Waals surface area (Å²) in [4.78, 5) is 23.6. The zero-order valence-electron chi connectivity index (χ0n) is 11.2. The van der Waals surface area contributed by atoms with Gasteiger partial charge in [0.2, 0.25) is 5.91 Å². The molecule has 1 amide bonds. The first kappa shape index (κ1) is 17.2. The second kappa shape index (κ2) is 7.21. The van der Waals surface area contributed by atoms with Crippen molar-refractivity contribution in [3.8, 4) is 0 Å². The molecule has 0 aromatic carbocycles. The number of hydrogen-bond acceptors (Lipinski definition) is 4. The Balaban J connectivity index is 0.00000200. The maximum atomic E-state index is 12.1. The van der Waals surface area contributed by atoms with Crippen molar-refractivity contribution < 1.29 is 9.53 Å². The van der Waals surface area contributed by atoms with E-state index < -0.39 is 0 Å². The summed E-state index contributed by atoms with van der Waals surface area (Å²) in [5, 5.41) is 5.89. The van der Waals surface area contributed by atoms with Gasteiger partial charge >= 0.3 is 0 Å². The maximum Gasteiger partial charge on any atom is 0.264 e. The molecule has 1 aliphatic heterocycles. The van der Waals surface area contributed by atoms with E-state index in [1.165, 1.54) is 4.57 Å². The first-order chi connectivity index (χ1) is 9.01.